The number of amides is 1. The Labute approximate surface area is 141 Å². The monoisotopic (exact) mass is 322 g/mol. The standard InChI is InChI=1S/C19H34N2O2/c1-18(2,3)23-17(22)21-12-9-15(10-13-21)14-20-16-8-6-7-11-19(16,4)5/h9,16,20H,6-8,10-14H2,1-5H3. The highest BCUT2D eigenvalue weighted by atomic mass is 16.6. The van der Waals surface area contributed by atoms with Crippen LogP contribution in [-0.2, 0) is 4.74 Å². The van der Waals surface area contributed by atoms with E-state index >= 15 is 0 Å². The largest absolute Gasteiger partial charge is 0.444 e. The summed E-state index contributed by atoms with van der Waals surface area (Å²) in [7, 11) is 0. The Balaban J connectivity index is 1.79. The van der Waals surface area contributed by atoms with E-state index in [0.29, 0.717) is 18.0 Å². The molecule has 0 aromatic rings. The third-order valence-electron chi connectivity index (χ3n) is 5.04. The van der Waals surface area contributed by atoms with E-state index in [1.54, 1.807) is 4.90 Å². The number of carbonyl (C=O) groups excluding carboxylic acids is 1. The molecule has 1 amide bonds. The molecule has 1 aliphatic carbocycles. The minimum absolute atomic E-state index is 0.200. The first-order chi connectivity index (χ1) is 10.7. The molecular formula is C19H34N2O2. The van der Waals surface area contributed by atoms with Crippen LogP contribution < -0.4 is 5.32 Å². The molecule has 0 spiro atoms. The molecule has 0 bridgehead atoms. The molecule has 1 fully saturated rings. The Morgan fingerprint density at radius 1 is 1.39 bits per heavy atom. The van der Waals surface area contributed by atoms with Crippen LogP contribution in [0.2, 0.25) is 0 Å². The molecule has 4 heteroatoms. The van der Waals surface area contributed by atoms with Gasteiger partial charge in [-0.3, -0.25) is 0 Å². The SMILES string of the molecule is CC(C)(C)OC(=O)N1CC=C(CNC2CCCCC2(C)C)CC1. The van der Waals surface area contributed by atoms with Crippen molar-refractivity contribution < 1.29 is 9.53 Å². The maximum absolute atomic E-state index is 12.1. The lowest BCUT2D eigenvalue weighted by Crippen LogP contribution is -2.45. The maximum atomic E-state index is 12.1. The minimum atomic E-state index is -0.421. The Morgan fingerprint density at radius 2 is 2.13 bits per heavy atom. The molecule has 4 nitrogen and oxygen atoms in total. The summed E-state index contributed by atoms with van der Waals surface area (Å²) in [5.74, 6) is 0. The van der Waals surface area contributed by atoms with Crippen LogP contribution in [0.15, 0.2) is 11.6 Å². The molecule has 1 heterocycles. The van der Waals surface area contributed by atoms with Crippen LogP contribution in [0.3, 0.4) is 0 Å². The average Bonchev–Trinajstić information content (AvgIpc) is 2.44. The highest BCUT2D eigenvalue weighted by Gasteiger charge is 2.32. The molecule has 1 atom stereocenters. The Kier molecular flexibility index (Phi) is 5.77. The molecule has 23 heavy (non-hydrogen) atoms. The second kappa shape index (κ2) is 7.25. The summed E-state index contributed by atoms with van der Waals surface area (Å²) in [6.45, 7) is 12.9. The Morgan fingerprint density at radius 3 is 2.70 bits per heavy atom. The fourth-order valence-electron chi connectivity index (χ4n) is 3.49. The Bertz CT molecular complexity index is 449. The summed E-state index contributed by atoms with van der Waals surface area (Å²) < 4.78 is 5.44. The summed E-state index contributed by atoms with van der Waals surface area (Å²) in [5.41, 5.74) is 1.40. The van der Waals surface area contributed by atoms with Gasteiger partial charge in [0.05, 0.1) is 0 Å². The van der Waals surface area contributed by atoms with E-state index in [4.69, 9.17) is 4.74 Å². The molecule has 0 radical (unpaired) electrons. The predicted molar refractivity (Wildman–Crippen MR) is 94.5 cm³/mol. The molecule has 0 aromatic carbocycles. The molecule has 2 aliphatic rings. The third kappa shape index (κ3) is 5.52. The van der Waals surface area contributed by atoms with E-state index in [1.807, 2.05) is 20.8 Å². The fourth-order valence-corrected chi connectivity index (χ4v) is 3.49. The number of rotatable bonds is 3. The second-order valence-corrected chi connectivity index (χ2v) is 8.71. The van der Waals surface area contributed by atoms with Crippen molar-refractivity contribution in [2.75, 3.05) is 19.6 Å². The zero-order chi connectivity index (χ0) is 17.1. The van der Waals surface area contributed by atoms with E-state index in [9.17, 15) is 4.79 Å². The van der Waals surface area contributed by atoms with Crippen LogP contribution in [0.5, 0.6) is 0 Å². The summed E-state index contributed by atoms with van der Waals surface area (Å²) in [6.07, 6.45) is 8.23. The maximum Gasteiger partial charge on any atom is 0.410 e. The van der Waals surface area contributed by atoms with E-state index < -0.39 is 5.60 Å². The van der Waals surface area contributed by atoms with Crippen LogP contribution in [-0.4, -0.2) is 42.3 Å². The first-order valence-electron chi connectivity index (χ1n) is 9.07. The number of hydrogen-bond donors (Lipinski definition) is 1. The third-order valence-corrected chi connectivity index (χ3v) is 5.04. The van der Waals surface area contributed by atoms with Crippen LogP contribution in [0.1, 0.15) is 66.7 Å². The van der Waals surface area contributed by atoms with Crippen molar-refractivity contribution in [3.8, 4) is 0 Å². The van der Waals surface area contributed by atoms with E-state index in [-0.39, 0.29) is 6.09 Å². The summed E-state index contributed by atoms with van der Waals surface area (Å²) >= 11 is 0. The smallest absolute Gasteiger partial charge is 0.410 e. The van der Waals surface area contributed by atoms with Gasteiger partial charge < -0.3 is 15.0 Å². The van der Waals surface area contributed by atoms with Gasteiger partial charge in [0.15, 0.2) is 0 Å². The molecule has 1 unspecified atom stereocenters. The highest BCUT2D eigenvalue weighted by molar-refractivity contribution is 5.68. The van der Waals surface area contributed by atoms with Crippen molar-refractivity contribution in [2.45, 2.75) is 78.4 Å². The normalized spacial score (nSPS) is 25.0. The van der Waals surface area contributed by atoms with Gasteiger partial charge in [-0.15, -0.1) is 0 Å². The van der Waals surface area contributed by atoms with Gasteiger partial charge in [0.2, 0.25) is 0 Å². The van der Waals surface area contributed by atoms with Gasteiger partial charge in [-0.1, -0.05) is 38.3 Å². The number of carbonyl (C=O) groups is 1. The first kappa shape index (κ1) is 18.3. The average molecular weight is 322 g/mol. The van der Waals surface area contributed by atoms with Crippen molar-refractivity contribution in [3.05, 3.63) is 11.6 Å². The van der Waals surface area contributed by atoms with Crippen molar-refractivity contribution in [1.82, 2.24) is 10.2 Å². The molecule has 0 aromatic heterocycles. The fraction of sp³-hybridized carbons (Fsp3) is 0.842. The van der Waals surface area contributed by atoms with Crippen LogP contribution in [0.25, 0.3) is 0 Å². The zero-order valence-corrected chi connectivity index (χ0v) is 15.6. The first-order valence-corrected chi connectivity index (χ1v) is 9.07. The van der Waals surface area contributed by atoms with Gasteiger partial charge in [0, 0.05) is 25.7 Å². The van der Waals surface area contributed by atoms with Crippen LogP contribution >= 0.6 is 0 Å². The molecule has 2 rings (SSSR count). The van der Waals surface area contributed by atoms with Gasteiger partial charge in [0.25, 0.3) is 0 Å². The summed E-state index contributed by atoms with van der Waals surface area (Å²) in [5, 5.41) is 3.76. The van der Waals surface area contributed by atoms with Gasteiger partial charge in [-0.25, -0.2) is 4.79 Å². The number of hydrogen-bond acceptors (Lipinski definition) is 3. The Hall–Kier alpha value is -1.03. The van der Waals surface area contributed by atoms with Gasteiger partial charge in [-0.05, 0) is 45.4 Å². The minimum Gasteiger partial charge on any atom is -0.444 e. The van der Waals surface area contributed by atoms with Crippen molar-refractivity contribution in [1.29, 1.82) is 0 Å². The zero-order valence-electron chi connectivity index (χ0n) is 15.6. The van der Waals surface area contributed by atoms with Gasteiger partial charge >= 0.3 is 6.09 Å². The van der Waals surface area contributed by atoms with Crippen LogP contribution in [0.4, 0.5) is 4.79 Å². The molecule has 132 valence electrons. The molecule has 1 N–H and O–H groups in total. The topological polar surface area (TPSA) is 41.6 Å². The van der Waals surface area contributed by atoms with E-state index in [0.717, 1.165) is 19.5 Å². The van der Waals surface area contributed by atoms with Gasteiger partial charge in [0.1, 0.15) is 5.60 Å². The molecule has 1 aliphatic heterocycles. The quantitative estimate of drug-likeness (QED) is 0.795. The molecule has 0 saturated heterocycles. The lowest BCUT2D eigenvalue weighted by atomic mass is 9.73. The number of nitrogens with one attached hydrogen (secondary N) is 1. The summed E-state index contributed by atoms with van der Waals surface area (Å²) in [4.78, 5) is 13.9. The van der Waals surface area contributed by atoms with E-state index in [1.165, 1.54) is 31.3 Å². The van der Waals surface area contributed by atoms with Crippen molar-refractivity contribution >= 4 is 6.09 Å². The lowest BCUT2D eigenvalue weighted by molar-refractivity contribution is 0.0265. The molecular weight excluding hydrogens is 288 g/mol. The summed E-state index contributed by atoms with van der Waals surface area (Å²) in [6, 6.07) is 0.612. The van der Waals surface area contributed by atoms with Gasteiger partial charge in [-0.2, -0.15) is 0 Å². The number of nitrogens with zero attached hydrogens (tertiary/aromatic N) is 1. The van der Waals surface area contributed by atoms with Crippen molar-refractivity contribution in [3.63, 3.8) is 0 Å². The predicted octanol–water partition coefficient (Wildman–Crippen LogP) is 4.11. The molecule has 1 saturated carbocycles. The number of ether oxygens (including phenoxy) is 1. The lowest BCUT2D eigenvalue weighted by Gasteiger charge is -2.39. The van der Waals surface area contributed by atoms with E-state index in [2.05, 4.69) is 25.2 Å². The van der Waals surface area contributed by atoms with Crippen LogP contribution in [0, 0.1) is 5.41 Å². The second-order valence-electron chi connectivity index (χ2n) is 8.71. The van der Waals surface area contributed by atoms with Crippen molar-refractivity contribution in [2.24, 2.45) is 5.41 Å². The highest BCUT2D eigenvalue weighted by Crippen LogP contribution is 2.35.